The topological polar surface area (TPSA) is 74.2 Å². The summed E-state index contributed by atoms with van der Waals surface area (Å²) >= 11 is 0. The van der Waals surface area contributed by atoms with E-state index in [9.17, 15) is 0 Å². The van der Waals surface area contributed by atoms with Crippen molar-refractivity contribution in [1.82, 2.24) is 10.1 Å². The summed E-state index contributed by atoms with van der Waals surface area (Å²) in [5, 5.41) is 4.05. The molecule has 5 nitrogen and oxygen atoms in total. The van der Waals surface area contributed by atoms with E-state index in [0.29, 0.717) is 11.7 Å². The third-order valence-corrected chi connectivity index (χ3v) is 4.25. The lowest BCUT2D eigenvalue weighted by atomic mass is 9.78. The molecule has 2 fully saturated rings. The van der Waals surface area contributed by atoms with Gasteiger partial charge in [0.15, 0.2) is 0 Å². The molecular weight excluding hydrogens is 230 g/mol. The molecule has 0 radical (unpaired) electrons. The van der Waals surface area contributed by atoms with Crippen LogP contribution in [0, 0.1) is 5.92 Å². The first-order chi connectivity index (χ1) is 8.67. The van der Waals surface area contributed by atoms with Crippen molar-refractivity contribution in [3.8, 4) is 0 Å². The maximum absolute atomic E-state index is 6.42. The van der Waals surface area contributed by atoms with Gasteiger partial charge in [-0.05, 0) is 44.4 Å². The van der Waals surface area contributed by atoms with E-state index in [-0.39, 0.29) is 6.10 Å². The molecule has 2 N–H and O–H groups in total. The fourth-order valence-electron chi connectivity index (χ4n) is 2.84. The molecule has 1 aromatic rings. The summed E-state index contributed by atoms with van der Waals surface area (Å²) in [6.07, 6.45) is 6.19. The van der Waals surface area contributed by atoms with Crippen LogP contribution in [-0.2, 0) is 10.3 Å². The summed E-state index contributed by atoms with van der Waals surface area (Å²) in [6, 6.07) is 0. The third-order valence-electron chi connectivity index (χ3n) is 4.25. The van der Waals surface area contributed by atoms with Crippen molar-refractivity contribution in [3.63, 3.8) is 0 Å². The van der Waals surface area contributed by atoms with Gasteiger partial charge >= 0.3 is 0 Å². The minimum absolute atomic E-state index is 0.00798. The molecular formula is C13H21N3O2. The van der Waals surface area contributed by atoms with Crippen molar-refractivity contribution >= 4 is 0 Å². The maximum atomic E-state index is 6.42. The van der Waals surface area contributed by atoms with Crippen molar-refractivity contribution in [2.45, 2.75) is 57.1 Å². The predicted octanol–water partition coefficient (Wildman–Crippen LogP) is 2.29. The Hall–Kier alpha value is -0.940. The molecule has 1 atom stereocenters. The molecule has 0 aromatic carbocycles. The molecule has 1 saturated heterocycles. The van der Waals surface area contributed by atoms with Gasteiger partial charge in [-0.15, -0.1) is 0 Å². The smallest absolute Gasteiger partial charge is 0.246 e. The Morgan fingerprint density at radius 3 is 2.72 bits per heavy atom. The molecule has 0 bridgehead atoms. The summed E-state index contributed by atoms with van der Waals surface area (Å²) in [5.41, 5.74) is 6.00. The normalized spacial score (nSPS) is 37.0. The van der Waals surface area contributed by atoms with E-state index in [0.717, 1.165) is 51.0 Å². The van der Waals surface area contributed by atoms with E-state index in [1.165, 1.54) is 0 Å². The average Bonchev–Trinajstić information content (AvgIpc) is 3.01. The second-order valence-corrected chi connectivity index (χ2v) is 5.80. The Bertz CT molecular complexity index is 404. The van der Waals surface area contributed by atoms with Crippen molar-refractivity contribution in [2.24, 2.45) is 11.7 Å². The number of hydrogen-bond acceptors (Lipinski definition) is 5. The summed E-state index contributed by atoms with van der Waals surface area (Å²) < 4.78 is 11.0. The fourth-order valence-corrected chi connectivity index (χ4v) is 2.84. The highest BCUT2D eigenvalue weighted by atomic mass is 16.5. The highest BCUT2D eigenvalue weighted by Crippen LogP contribution is 2.37. The van der Waals surface area contributed by atoms with Gasteiger partial charge in [0.2, 0.25) is 11.7 Å². The highest BCUT2D eigenvalue weighted by molar-refractivity contribution is 5.05. The van der Waals surface area contributed by atoms with Gasteiger partial charge < -0.3 is 15.0 Å². The lowest BCUT2D eigenvalue weighted by Crippen LogP contribution is -2.40. The van der Waals surface area contributed by atoms with Crippen LogP contribution in [0.25, 0.3) is 0 Å². The molecule has 3 rings (SSSR count). The standard InChI is InChI=1S/C13H21N3O2/c1-9-4-6-13(14,7-5-9)12-15-11(16-18-12)10-3-2-8-17-10/h9-10H,2-8,14H2,1H3. The van der Waals surface area contributed by atoms with Crippen LogP contribution >= 0.6 is 0 Å². The Morgan fingerprint density at radius 2 is 2.06 bits per heavy atom. The minimum atomic E-state index is -0.420. The number of aromatic nitrogens is 2. The van der Waals surface area contributed by atoms with E-state index in [1.54, 1.807) is 0 Å². The van der Waals surface area contributed by atoms with Crippen LogP contribution in [0.4, 0.5) is 0 Å². The molecule has 5 heteroatoms. The maximum Gasteiger partial charge on any atom is 0.246 e. The number of ether oxygens (including phenoxy) is 1. The molecule has 0 spiro atoms. The van der Waals surface area contributed by atoms with Crippen LogP contribution < -0.4 is 5.73 Å². The van der Waals surface area contributed by atoms with Crippen LogP contribution in [0.15, 0.2) is 4.52 Å². The monoisotopic (exact) mass is 251 g/mol. The second kappa shape index (κ2) is 4.63. The minimum Gasteiger partial charge on any atom is -0.370 e. The number of nitrogens with two attached hydrogens (primary N) is 1. The molecule has 1 aliphatic carbocycles. The van der Waals surface area contributed by atoms with Crippen molar-refractivity contribution < 1.29 is 9.26 Å². The Morgan fingerprint density at radius 1 is 1.28 bits per heavy atom. The molecule has 1 unspecified atom stereocenters. The van der Waals surface area contributed by atoms with E-state index in [1.807, 2.05) is 0 Å². The van der Waals surface area contributed by atoms with Gasteiger partial charge in [-0.3, -0.25) is 0 Å². The lowest BCUT2D eigenvalue weighted by molar-refractivity contribution is 0.103. The van der Waals surface area contributed by atoms with Gasteiger partial charge in [-0.1, -0.05) is 12.1 Å². The van der Waals surface area contributed by atoms with Crippen molar-refractivity contribution in [2.75, 3.05) is 6.61 Å². The van der Waals surface area contributed by atoms with Crippen LogP contribution in [0.2, 0.25) is 0 Å². The first-order valence-corrected chi connectivity index (χ1v) is 6.92. The largest absolute Gasteiger partial charge is 0.370 e. The lowest BCUT2D eigenvalue weighted by Gasteiger charge is -2.32. The Kier molecular flexibility index (Phi) is 3.11. The van der Waals surface area contributed by atoms with Crippen molar-refractivity contribution in [1.29, 1.82) is 0 Å². The quantitative estimate of drug-likeness (QED) is 0.872. The van der Waals surface area contributed by atoms with Crippen molar-refractivity contribution in [3.05, 3.63) is 11.7 Å². The Balaban J connectivity index is 1.75. The SMILES string of the molecule is CC1CCC(N)(c2nc(C3CCCO3)no2)CC1. The Labute approximate surface area is 107 Å². The van der Waals surface area contributed by atoms with Crippen LogP contribution in [0.3, 0.4) is 0 Å². The second-order valence-electron chi connectivity index (χ2n) is 5.80. The first-order valence-electron chi connectivity index (χ1n) is 6.92. The van der Waals surface area contributed by atoms with Crippen LogP contribution in [0.5, 0.6) is 0 Å². The summed E-state index contributed by atoms with van der Waals surface area (Å²) in [5.74, 6) is 2.02. The molecule has 1 aromatic heterocycles. The molecule has 2 aliphatic rings. The van der Waals surface area contributed by atoms with Gasteiger partial charge in [0, 0.05) is 6.61 Å². The highest BCUT2D eigenvalue weighted by Gasteiger charge is 2.38. The van der Waals surface area contributed by atoms with Gasteiger partial charge in [-0.2, -0.15) is 4.98 Å². The van der Waals surface area contributed by atoms with Gasteiger partial charge in [0.1, 0.15) is 6.10 Å². The molecule has 1 aliphatic heterocycles. The van der Waals surface area contributed by atoms with E-state index in [4.69, 9.17) is 15.0 Å². The van der Waals surface area contributed by atoms with Gasteiger partial charge in [-0.25, -0.2) is 0 Å². The zero-order chi connectivity index (χ0) is 12.6. The first kappa shape index (κ1) is 12.1. The van der Waals surface area contributed by atoms with Gasteiger partial charge in [0.25, 0.3) is 0 Å². The number of hydrogen-bond donors (Lipinski definition) is 1. The molecule has 100 valence electrons. The fraction of sp³-hybridized carbons (Fsp3) is 0.846. The van der Waals surface area contributed by atoms with Crippen LogP contribution in [-0.4, -0.2) is 16.7 Å². The number of nitrogens with zero attached hydrogens (tertiary/aromatic N) is 2. The molecule has 0 amide bonds. The molecule has 2 heterocycles. The van der Waals surface area contributed by atoms with Gasteiger partial charge in [0.05, 0.1) is 5.54 Å². The number of rotatable bonds is 2. The third kappa shape index (κ3) is 2.17. The van der Waals surface area contributed by atoms with E-state index >= 15 is 0 Å². The summed E-state index contributed by atoms with van der Waals surface area (Å²) in [7, 11) is 0. The summed E-state index contributed by atoms with van der Waals surface area (Å²) in [4.78, 5) is 4.48. The zero-order valence-electron chi connectivity index (χ0n) is 10.9. The molecule has 1 saturated carbocycles. The molecule has 18 heavy (non-hydrogen) atoms. The summed E-state index contributed by atoms with van der Waals surface area (Å²) in [6.45, 7) is 3.06. The van der Waals surface area contributed by atoms with E-state index < -0.39 is 5.54 Å². The zero-order valence-corrected chi connectivity index (χ0v) is 10.9. The van der Waals surface area contributed by atoms with E-state index in [2.05, 4.69) is 17.1 Å². The predicted molar refractivity (Wildman–Crippen MR) is 65.7 cm³/mol. The average molecular weight is 251 g/mol. The van der Waals surface area contributed by atoms with Crippen LogP contribution in [0.1, 0.15) is 63.3 Å².